The van der Waals surface area contributed by atoms with Crippen LogP contribution in [0.3, 0.4) is 0 Å². The third-order valence-electron chi connectivity index (χ3n) is 6.86. The molecule has 4 rings (SSSR count). The fourth-order valence-electron chi connectivity index (χ4n) is 4.84. The van der Waals surface area contributed by atoms with Crippen LogP contribution in [-0.2, 0) is 25.8 Å². The number of anilines is 1. The molecule has 10 nitrogen and oxygen atoms in total. The number of nitrogens with two attached hydrogens (primary N) is 1. The van der Waals surface area contributed by atoms with Gasteiger partial charge in [-0.25, -0.2) is 0 Å². The van der Waals surface area contributed by atoms with Gasteiger partial charge < -0.3 is 20.6 Å². The number of ether oxygens (including phenoxy) is 1. The van der Waals surface area contributed by atoms with Gasteiger partial charge in [0.25, 0.3) is 5.09 Å². The summed E-state index contributed by atoms with van der Waals surface area (Å²) < 4.78 is 6.42. The molecule has 2 heterocycles. The highest BCUT2D eigenvalue weighted by molar-refractivity contribution is 7.22. The van der Waals surface area contributed by atoms with E-state index in [-0.39, 0.29) is 37.6 Å². The van der Waals surface area contributed by atoms with Crippen LogP contribution in [-0.4, -0.2) is 35.1 Å². The first-order chi connectivity index (χ1) is 17.4. The number of amides is 1. The van der Waals surface area contributed by atoms with Crippen molar-refractivity contribution >= 4 is 38.3 Å². The predicted molar refractivity (Wildman–Crippen MR) is 134 cm³/mol. The number of rotatable bonds is 10. The van der Waals surface area contributed by atoms with E-state index in [0.717, 1.165) is 15.6 Å². The van der Waals surface area contributed by atoms with Gasteiger partial charge in [-0.15, -0.1) is 21.5 Å². The van der Waals surface area contributed by atoms with Gasteiger partial charge in [0.2, 0.25) is 5.91 Å². The largest absolute Gasteiger partial charge is 0.461 e. The van der Waals surface area contributed by atoms with E-state index in [2.05, 4.69) is 10.3 Å². The Morgan fingerprint density at radius 3 is 2.67 bits per heavy atom. The molecular weight excluding hydrogens is 484 g/mol. The van der Waals surface area contributed by atoms with Crippen molar-refractivity contribution < 1.29 is 24.3 Å². The van der Waals surface area contributed by atoms with Gasteiger partial charge in [-0.05, 0) is 48.8 Å². The zero-order valence-corrected chi connectivity index (χ0v) is 20.4. The molecule has 1 aliphatic carbocycles. The van der Waals surface area contributed by atoms with Gasteiger partial charge >= 0.3 is 5.97 Å². The molecule has 0 aliphatic heterocycles. The number of carbonyl (C=O) groups excluding carboxylic acids is 2. The number of aromatic nitrogens is 1. The Hall–Kier alpha value is -3.57. The minimum atomic E-state index is -0.875. The summed E-state index contributed by atoms with van der Waals surface area (Å²) in [5.41, 5.74) is 6.07. The predicted octanol–water partition coefficient (Wildman–Crippen LogP) is 3.94. The Morgan fingerprint density at radius 2 is 2.00 bits per heavy atom. The number of nitrogens with one attached hydrogen (secondary N) is 1. The fourth-order valence-corrected chi connectivity index (χ4v) is 5.77. The zero-order chi connectivity index (χ0) is 25.5. The SMILES string of the molecule is NCC(C(=O)Nc1cc2ccncc2s1)C1(CO[N+](=O)[O-])CCC(C(=O)OCc2ccccc2)CC1. The molecule has 36 heavy (non-hydrogen) atoms. The van der Waals surface area contributed by atoms with Gasteiger partial charge in [0.05, 0.1) is 21.5 Å². The van der Waals surface area contributed by atoms with E-state index in [0.29, 0.717) is 30.7 Å². The summed E-state index contributed by atoms with van der Waals surface area (Å²) in [4.78, 5) is 45.9. The van der Waals surface area contributed by atoms with Crippen molar-refractivity contribution in [1.29, 1.82) is 0 Å². The first-order valence-corrected chi connectivity index (χ1v) is 12.5. The van der Waals surface area contributed by atoms with Crippen molar-refractivity contribution in [3.63, 3.8) is 0 Å². The fraction of sp³-hybridized carbons (Fsp3) is 0.400. The van der Waals surface area contributed by atoms with Crippen LogP contribution >= 0.6 is 11.3 Å². The number of pyridine rings is 1. The number of benzene rings is 1. The summed E-state index contributed by atoms with van der Waals surface area (Å²) in [6.45, 7) is -0.0931. The van der Waals surface area contributed by atoms with E-state index in [9.17, 15) is 19.7 Å². The second-order valence-electron chi connectivity index (χ2n) is 9.03. The molecule has 1 saturated carbocycles. The lowest BCUT2D eigenvalue weighted by molar-refractivity contribution is -0.761. The van der Waals surface area contributed by atoms with Crippen LogP contribution in [0.4, 0.5) is 5.00 Å². The number of carbonyl (C=O) groups is 2. The summed E-state index contributed by atoms with van der Waals surface area (Å²) in [6, 6.07) is 13.1. The highest BCUT2D eigenvalue weighted by Crippen LogP contribution is 2.46. The van der Waals surface area contributed by atoms with Crippen molar-refractivity contribution in [2.75, 3.05) is 18.5 Å². The maximum absolute atomic E-state index is 13.3. The number of esters is 1. The van der Waals surface area contributed by atoms with Crippen LogP contribution in [0.15, 0.2) is 54.9 Å². The lowest BCUT2D eigenvalue weighted by atomic mass is 9.63. The molecule has 3 N–H and O–H groups in total. The molecule has 1 atom stereocenters. The Bertz CT molecular complexity index is 1180. The molecule has 1 aromatic carbocycles. The van der Waals surface area contributed by atoms with Crippen molar-refractivity contribution in [1.82, 2.24) is 4.98 Å². The van der Waals surface area contributed by atoms with Gasteiger partial charge in [0, 0.05) is 24.4 Å². The van der Waals surface area contributed by atoms with Crippen LogP contribution in [0.2, 0.25) is 0 Å². The van der Waals surface area contributed by atoms with Crippen LogP contribution in [0.25, 0.3) is 10.1 Å². The lowest BCUT2D eigenvalue weighted by Gasteiger charge is -2.43. The quantitative estimate of drug-likeness (QED) is 0.236. The number of thiophene rings is 1. The number of nitrogens with zero attached hydrogens (tertiary/aromatic N) is 2. The van der Waals surface area contributed by atoms with Crippen LogP contribution in [0, 0.1) is 27.4 Å². The van der Waals surface area contributed by atoms with Crippen LogP contribution in [0.1, 0.15) is 31.2 Å². The third kappa shape index (κ3) is 5.97. The van der Waals surface area contributed by atoms with Gasteiger partial charge in [-0.3, -0.25) is 14.6 Å². The smallest absolute Gasteiger partial charge is 0.309 e. The Morgan fingerprint density at radius 1 is 1.25 bits per heavy atom. The number of hydrogen-bond donors (Lipinski definition) is 2. The summed E-state index contributed by atoms with van der Waals surface area (Å²) in [5.74, 6) is -1.72. The van der Waals surface area contributed by atoms with E-state index < -0.39 is 16.4 Å². The standard InChI is InChI=1S/C25H28N4O6S/c26-13-20(23(30)28-22-12-19-8-11-27-14-21(19)36-22)25(16-35-29(32)33)9-6-18(7-10-25)24(31)34-15-17-4-2-1-3-5-17/h1-5,8,11-12,14,18,20H,6-7,9-10,13,15-16,26H2,(H,28,30). The first kappa shape index (κ1) is 25.5. The molecule has 11 heteroatoms. The molecule has 190 valence electrons. The second kappa shape index (κ2) is 11.4. The molecule has 1 amide bonds. The average Bonchev–Trinajstić information content (AvgIpc) is 3.30. The van der Waals surface area contributed by atoms with Crippen molar-refractivity contribution in [2.24, 2.45) is 23.0 Å². The Labute approximate surface area is 211 Å². The minimum Gasteiger partial charge on any atom is -0.461 e. The summed E-state index contributed by atoms with van der Waals surface area (Å²) in [7, 11) is 0. The lowest BCUT2D eigenvalue weighted by Crippen LogP contribution is -2.48. The Balaban J connectivity index is 1.44. The van der Waals surface area contributed by atoms with E-state index in [4.69, 9.17) is 15.3 Å². The van der Waals surface area contributed by atoms with E-state index in [1.54, 1.807) is 12.4 Å². The second-order valence-corrected chi connectivity index (χ2v) is 10.1. The molecule has 1 aliphatic rings. The van der Waals surface area contributed by atoms with Crippen LogP contribution in [0.5, 0.6) is 0 Å². The summed E-state index contributed by atoms with van der Waals surface area (Å²) in [5, 5.41) is 14.7. The van der Waals surface area contributed by atoms with Gasteiger partial charge in [0.15, 0.2) is 0 Å². The van der Waals surface area contributed by atoms with Gasteiger partial charge in [-0.2, -0.15) is 0 Å². The molecule has 2 aromatic heterocycles. The molecule has 0 bridgehead atoms. The van der Waals surface area contributed by atoms with Gasteiger partial charge in [0.1, 0.15) is 13.2 Å². The number of hydrogen-bond acceptors (Lipinski definition) is 9. The summed E-state index contributed by atoms with van der Waals surface area (Å²) >= 11 is 1.39. The minimum absolute atomic E-state index is 0.0114. The topological polar surface area (TPSA) is 147 Å². The van der Waals surface area contributed by atoms with Crippen molar-refractivity contribution in [3.8, 4) is 0 Å². The average molecular weight is 513 g/mol. The van der Waals surface area contributed by atoms with E-state index >= 15 is 0 Å². The molecule has 0 saturated heterocycles. The van der Waals surface area contributed by atoms with E-state index in [1.165, 1.54) is 11.3 Å². The maximum atomic E-state index is 13.3. The monoisotopic (exact) mass is 512 g/mol. The molecule has 3 aromatic rings. The summed E-state index contributed by atoms with van der Waals surface area (Å²) in [6.07, 6.45) is 4.99. The molecule has 0 spiro atoms. The normalized spacial score (nSPS) is 20.4. The first-order valence-electron chi connectivity index (χ1n) is 11.7. The Kier molecular flexibility index (Phi) is 8.11. The third-order valence-corrected chi connectivity index (χ3v) is 7.86. The van der Waals surface area contributed by atoms with Gasteiger partial charge in [-0.1, -0.05) is 30.3 Å². The molecule has 1 fully saturated rings. The number of fused-ring (bicyclic) bond motifs is 1. The highest BCUT2D eigenvalue weighted by Gasteiger charge is 2.47. The zero-order valence-electron chi connectivity index (χ0n) is 19.6. The molecule has 1 unspecified atom stereocenters. The highest BCUT2D eigenvalue weighted by atomic mass is 32.1. The van der Waals surface area contributed by atoms with Crippen molar-refractivity contribution in [3.05, 3.63) is 70.5 Å². The maximum Gasteiger partial charge on any atom is 0.309 e. The molecule has 0 radical (unpaired) electrons. The van der Waals surface area contributed by atoms with E-state index in [1.807, 2.05) is 42.5 Å². The molecular formula is C25H28N4O6S. The van der Waals surface area contributed by atoms with Crippen LogP contribution < -0.4 is 11.1 Å². The van der Waals surface area contributed by atoms with Crippen molar-refractivity contribution in [2.45, 2.75) is 32.3 Å².